The average molecular weight is 287 g/mol. The molecule has 19 heavy (non-hydrogen) atoms. The fourth-order valence-electron chi connectivity index (χ4n) is 4.31. The van der Waals surface area contributed by atoms with Gasteiger partial charge in [-0.05, 0) is 56.3 Å². The van der Waals surface area contributed by atoms with Crippen molar-refractivity contribution in [1.29, 1.82) is 0 Å². The minimum atomic E-state index is -2.91. The van der Waals surface area contributed by atoms with Gasteiger partial charge in [-0.3, -0.25) is 0 Å². The molecule has 2 aliphatic carbocycles. The third-order valence-corrected chi connectivity index (χ3v) is 7.37. The molecule has 0 bridgehead atoms. The van der Waals surface area contributed by atoms with Gasteiger partial charge in [-0.15, -0.1) is 0 Å². The van der Waals surface area contributed by atoms with E-state index in [1.807, 2.05) is 0 Å². The molecule has 0 amide bonds. The molecule has 0 radical (unpaired) electrons. The summed E-state index contributed by atoms with van der Waals surface area (Å²) in [4.78, 5) is 0. The second-order valence-electron chi connectivity index (χ2n) is 7.21. The number of hydrogen-bond acceptors (Lipinski definition) is 3. The second-order valence-corrected chi connectivity index (χ2v) is 9.53. The molecule has 2 fully saturated rings. The van der Waals surface area contributed by atoms with Crippen LogP contribution in [-0.4, -0.2) is 25.5 Å². The van der Waals surface area contributed by atoms with E-state index in [1.54, 1.807) is 0 Å². The molecule has 0 aromatic rings. The molecule has 0 spiro atoms. The summed E-state index contributed by atoms with van der Waals surface area (Å²) < 4.78 is 23.6. The SMILES string of the molecule is CC1CCC(N)(C2CCCC(S(C)(=O)=O)C2)C(C)C1. The van der Waals surface area contributed by atoms with Crippen molar-refractivity contribution in [3.8, 4) is 0 Å². The Hall–Kier alpha value is -0.0900. The second kappa shape index (κ2) is 5.36. The summed E-state index contributed by atoms with van der Waals surface area (Å²) in [6.45, 7) is 4.57. The summed E-state index contributed by atoms with van der Waals surface area (Å²) in [5, 5.41) is -0.154. The summed E-state index contributed by atoms with van der Waals surface area (Å²) in [7, 11) is -2.91. The molecular weight excluding hydrogens is 258 g/mol. The van der Waals surface area contributed by atoms with Crippen LogP contribution in [-0.2, 0) is 9.84 Å². The zero-order valence-corrected chi connectivity index (χ0v) is 13.4. The molecule has 2 saturated carbocycles. The molecule has 112 valence electrons. The van der Waals surface area contributed by atoms with E-state index in [1.165, 1.54) is 19.1 Å². The molecular formula is C15H29NO2S. The maximum atomic E-state index is 11.8. The minimum Gasteiger partial charge on any atom is -0.325 e. The number of nitrogens with two attached hydrogens (primary N) is 1. The van der Waals surface area contributed by atoms with Crippen LogP contribution in [0.3, 0.4) is 0 Å². The third kappa shape index (κ3) is 3.15. The molecule has 0 saturated heterocycles. The zero-order chi connectivity index (χ0) is 14.3. The van der Waals surface area contributed by atoms with E-state index < -0.39 is 9.84 Å². The summed E-state index contributed by atoms with van der Waals surface area (Å²) in [6, 6.07) is 0. The number of rotatable bonds is 2. The molecule has 4 heteroatoms. The van der Waals surface area contributed by atoms with Crippen LogP contribution in [0.15, 0.2) is 0 Å². The average Bonchev–Trinajstić information content (AvgIpc) is 2.33. The van der Waals surface area contributed by atoms with E-state index in [0.717, 1.165) is 38.0 Å². The van der Waals surface area contributed by atoms with Crippen molar-refractivity contribution >= 4 is 9.84 Å². The Morgan fingerprint density at radius 1 is 1.11 bits per heavy atom. The minimum absolute atomic E-state index is 0.129. The van der Waals surface area contributed by atoms with E-state index >= 15 is 0 Å². The molecule has 0 aliphatic heterocycles. The van der Waals surface area contributed by atoms with Crippen LogP contribution in [0.1, 0.15) is 58.8 Å². The van der Waals surface area contributed by atoms with Crippen LogP contribution in [0.25, 0.3) is 0 Å². The predicted molar refractivity (Wildman–Crippen MR) is 79.7 cm³/mol. The Labute approximate surface area is 118 Å². The molecule has 0 aromatic carbocycles. The Morgan fingerprint density at radius 2 is 1.79 bits per heavy atom. The van der Waals surface area contributed by atoms with Crippen molar-refractivity contribution in [1.82, 2.24) is 0 Å². The molecule has 0 heterocycles. The molecule has 2 rings (SSSR count). The monoisotopic (exact) mass is 287 g/mol. The lowest BCUT2D eigenvalue weighted by Gasteiger charge is -2.49. The first-order chi connectivity index (χ1) is 8.73. The molecule has 5 unspecified atom stereocenters. The van der Waals surface area contributed by atoms with Crippen molar-refractivity contribution < 1.29 is 8.42 Å². The fourth-order valence-corrected chi connectivity index (χ4v) is 5.49. The van der Waals surface area contributed by atoms with Crippen LogP contribution < -0.4 is 5.73 Å². The van der Waals surface area contributed by atoms with Gasteiger partial charge in [0.15, 0.2) is 0 Å². The highest BCUT2D eigenvalue weighted by molar-refractivity contribution is 7.91. The van der Waals surface area contributed by atoms with Gasteiger partial charge >= 0.3 is 0 Å². The van der Waals surface area contributed by atoms with Gasteiger partial charge in [0.05, 0.1) is 5.25 Å². The predicted octanol–water partition coefficient (Wildman–Crippen LogP) is 2.74. The van der Waals surface area contributed by atoms with Gasteiger partial charge < -0.3 is 5.73 Å². The normalized spacial score (nSPS) is 45.1. The molecule has 2 aliphatic rings. The Kier molecular flexibility index (Phi) is 4.32. The summed E-state index contributed by atoms with van der Waals surface area (Å²) in [6.07, 6.45) is 8.58. The number of sulfone groups is 1. The maximum absolute atomic E-state index is 11.8. The lowest BCUT2D eigenvalue weighted by molar-refractivity contribution is 0.0795. The van der Waals surface area contributed by atoms with Crippen LogP contribution >= 0.6 is 0 Å². The van der Waals surface area contributed by atoms with Crippen LogP contribution in [0.5, 0.6) is 0 Å². The van der Waals surface area contributed by atoms with Gasteiger partial charge in [-0.25, -0.2) is 8.42 Å². The third-order valence-electron chi connectivity index (χ3n) is 5.74. The topological polar surface area (TPSA) is 60.2 Å². The van der Waals surface area contributed by atoms with Crippen molar-refractivity contribution in [2.24, 2.45) is 23.5 Å². The van der Waals surface area contributed by atoms with Crippen LogP contribution in [0.2, 0.25) is 0 Å². The van der Waals surface area contributed by atoms with Crippen molar-refractivity contribution in [3.63, 3.8) is 0 Å². The quantitative estimate of drug-likeness (QED) is 0.849. The van der Waals surface area contributed by atoms with Gasteiger partial charge in [0.1, 0.15) is 9.84 Å². The first kappa shape index (κ1) is 15.3. The Bertz CT molecular complexity index is 420. The van der Waals surface area contributed by atoms with Crippen LogP contribution in [0.4, 0.5) is 0 Å². The summed E-state index contributed by atoms with van der Waals surface area (Å²) >= 11 is 0. The van der Waals surface area contributed by atoms with E-state index in [2.05, 4.69) is 13.8 Å². The smallest absolute Gasteiger partial charge is 0.150 e. The fraction of sp³-hybridized carbons (Fsp3) is 1.00. The molecule has 0 aromatic heterocycles. The first-order valence-corrected chi connectivity index (χ1v) is 9.66. The van der Waals surface area contributed by atoms with Gasteiger partial charge in [-0.2, -0.15) is 0 Å². The lowest BCUT2D eigenvalue weighted by Crippen LogP contribution is -2.56. The van der Waals surface area contributed by atoms with E-state index in [9.17, 15) is 8.42 Å². The Balaban J connectivity index is 2.12. The van der Waals surface area contributed by atoms with Crippen molar-refractivity contribution in [3.05, 3.63) is 0 Å². The zero-order valence-electron chi connectivity index (χ0n) is 12.6. The van der Waals surface area contributed by atoms with Crippen molar-refractivity contribution in [2.75, 3.05) is 6.26 Å². The largest absolute Gasteiger partial charge is 0.325 e. The van der Waals surface area contributed by atoms with Gasteiger partial charge in [0.2, 0.25) is 0 Å². The summed E-state index contributed by atoms with van der Waals surface area (Å²) in [5.41, 5.74) is 6.62. The highest BCUT2D eigenvalue weighted by Gasteiger charge is 2.45. The van der Waals surface area contributed by atoms with Gasteiger partial charge in [0.25, 0.3) is 0 Å². The highest BCUT2D eigenvalue weighted by Crippen LogP contribution is 2.45. The van der Waals surface area contributed by atoms with E-state index in [-0.39, 0.29) is 10.8 Å². The van der Waals surface area contributed by atoms with Crippen molar-refractivity contribution in [2.45, 2.75) is 69.6 Å². The standard InChI is InChI=1S/C15H29NO2S/c1-11-7-8-15(16,12(2)9-11)13-5-4-6-14(10-13)19(3,17)18/h11-14H,4-10,16H2,1-3H3. The molecule has 3 nitrogen and oxygen atoms in total. The molecule has 5 atom stereocenters. The number of hydrogen-bond donors (Lipinski definition) is 1. The molecule has 2 N–H and O–H groups in total. The summed E-state index contributed by atoms with van der Waals surface area (Å²) in [5.74, 6) is 1.67. The van der Waals surface area contributed by atoms with Crippen LogP contribution in [0, 0.1) is 17.8 Å². The van der Waals surface area contributed by atoms with Gasteiger partial charge in [-0.1, -0.05) is 20.3 Å². The highest BCUT2D eigenvalue weighted by atomic mass is 32.2. The van der Waals surface area contributed by atoms with E-state index in [4.69, 9.17) is 5.73 Å². The first-order valence-electron chi connectivity index (χ1n) is 7.71. The lowest BCUT2D eigenvalue weighted by atomic mass is 9.61. The van der Waals surface area contributed by atoms with Gasteiger partial charge in [0, 0.05) is 11.8 Å². The maximum Gasteiger partial charge on any atom is 0.150 e. The van der Waals surface area contributed by atoms with E-state index in [0.29, 0.717) is 11.8 Å². The Morgan fingerprint density at radius 3 is 2.37 bits per heavy atom.